The van der Waals surface area contributed by atoms with Gasteiger partial charge in [-0.15, -0.1) is 0 Å². The number of carbonyl (C=O) groups is 1. The van der Waals surface area contributed by atoms with Crippen molar-refractivity contribution in [1.82, 2.24) is 9.80 Å². The van der Waals surface area contributed by atoms with Crippen molar-refractivity contribution in [2.75, 3.05) is 33.2 Å². The number of hydrogen-bond donors (Lipinski definition) is 0. The number of Topliss-reactive ketones (excluding diaryl/α,β-unsaturated/α-hetero) is 1. The van der Waals surface area contributed by atoms with E-state index in [0.29, 0.717) is 23.0 Å². The molecule has 3 nitrogen and oxygen atoms in total. The molecule has 1 aromatic rings. The predicted octanol–water partition coefficient (Wildman–Crippen LogP) is 3.33. The van der Waals surface area contributed by atoms with Crippen LogP contribution in [0.2, 0.25) is 5.02 Å². The minimum Gasteiger partial charge on any atom is -0.303 e. The van der Waals surface area contributed by atoms with E-state index < -0.39 is 0 Å². The first-order valence-corrected chi connectivity index (χ1v) is 8.20. The minimum absolute atomic E-state index is 0.137. The van der Waals surface area contributed by atoms with Gasteiger partial charge in [-0.1, -0.05) is 30.7 Å². The molecule has 1 fully saturated rings. The van der Waals surface area contributed by atoms with Gasteiger partial charge >= 0.3 is 0 Å². The average molecular weight is 309 g/mol. The molecule has 0 aromatic heterocycles. The van der Waals surface area contributed by atoms with Crippen molar-refractivity contribution >= 4 is 17.4 Å². The molecule has 0 bridgehead atoms. The van der Waals surface area contributed by atoms with E-state index in [1.165, 1.54) is 25.9 Å². The Balaban J connectivity index is 1.80. The summed E-state index contributed by atoms with van der Waals surface area (Å²) in [4.78, 5) is 17.1. The van der Waals surface area contributed by atoms with Gasteiger partial charge in [-0.05, 0) is 51.7 Å². The highest BCUT2D eigenvalue weighted by Crippen LogP contribution is 2.18. The van der Waals surface area contributed by atoms with Crippen molar-refractivity contribution < 1.29 is 4.79 Å². The van der Waals surface area contributed by atoms with Crippen molar-refractivity contribution in [3.8, 4) is 0 Å². The van der Waals surface area contributed by atoms with Crippen LogP contribution in [0, 0.1) is 0 Å². The van der Waals surface area contributed by atoms with Gasteiger partial charge in [-0.25, -0.2) is 0 Å². The number of halogens is 1. The standard InChI is InChI=1S/C17H25ClN2O/c1-3-20-12-8-14(9-13-20)19(2)11-10-17(21)15-6-4-5-7-16(15)18/h4-7,14H,3,8-13H2,1-2H3. The van der Waals surface area contributed by atoms with E-state index in [1.807, 2.05) is 18.2 Å². The normalized spacial score (nSPS) is 17.3. The molecule has 1 heterocycles. The zero-order chi connectivity index (χ0) is 15.2. The van der Waals surface area contributed by atoms with Crippen LogP contribution in [0.25, 0.3) is 0 Å². The SMILES string of the molecule is CCN1CCC(N(C)CCC(=O)c2ccccc2Cl)CC1. The summed E-state index contributed by atoms with van der Waals surface area (Å²) < 4.78 is 0. The second-order valence-corrected chi connectivity index (χ2v) is 6.21. The van der Waals surface area contributed by atoms with Gasteiger partial charge in [0.25, 0.3) is 0 Å². The lowest BCUT2D eigenvalue weighted by Crippen LogP contribution is -2.43. The second kappa shape index (κ2) is 7.92. The Kier molecular flexibility index (Phi) is 6.22. The Labute approximate surface area is 132 Å². The van der Waals surface area contributed by atoms with E-state index in [1.54, 1.807) is 6.07 Å². The molecule has 21 heavy (non-hydrogen) atoms. The number of nitrogens with zero attached hydrogens (tertiary/aromatic N) is 2. The van der Waals surface area contributed by atoms with Crippen LogP contribution in [0.1, 0.15) is 36.5 Å². The first-order valence-electron chi connectivity index (χ1n) is 7.82. The number of benzene rings is 1. The van der Waals surface area contributed by atoms with Crippen LogP contribution in [0.5, 0.6) is 0 Å². The zero-order valence-electron chi connectivity index (χ0n) is 13.0. The first kappa shape index (κ1) is 16.5. The van der Waals surface area contributed by atoms with Crippen LogP contribution in [0.15, 0.2) is 24.3 Å². The molecule has 0 aliphatic carbocycles. The molecule has 0 saturated carbocycles. The monoisotopic (exact) mass is 308 g/mol. The fourth-order valence-electron chi connectivity index (χ4n) is 2.96. The fraction of sp³-hybridized carbons (Fsp3) is 0.588. The van der Waals surface area contributed by atoms with E-state index >= 15 is 0 Å². The van der Waals surface area contributed by atoms with Gasteiger partial charge in [-0.3, -0.25) is 4.79 Å². The Hall–Kier alpha value is -0.900. The van der Waals surface area contributed by atoms with Crippen LogP contribution >= 0.6 is 11.6 Å². The lowest BCUT2D eigenvalue weighted by atomic mass is 10.0. The summed E-state index contributed by atoms with van der Waals surface area (Å²) in [5.41, 5.74) is 0.647. The van der Waals surface area contributed by atoms with E-state index in [2.05, 4.69) is 23.8 Å². The molecule has 0 N–H and O–H groups in total. The number of hydrogen-bond acceptors (Lipinski definition) is 3. The predicted molar refractivity (Wildman–Crippen MR) is 88.2 cm³/mol. The molecule has 1 aliphatic heterocycles. The largest absolute Gasteiger partial charge is 0.303 e. The summed E-state index contributed by atoms with van der Waals surface area (Å²) in [6.07, 6.45) is 2.93. The highest BCUT2D eigenvalue weighted by molar-refractivity contribution is 6.33. The van der Waals surface area contributed by atoms with Crippen LogP contribution in [-0.4, -0.2) is 54.9 Å². The molecule has 0 amide bonds. The van der Waals surface area contributed by atoms with E-state index in [-0.39, 0.29) is 5.78 Å². The van der Waals surface area contributed by atoms with Gasteiger partial charge in [0.1, 0.15) is 0 Å². The number of likely N-dealkylation sites (tertiary alicyclic amines) is 1. The summed E-state index contributed by atoms with van der Waals surface area (Å²) in [7, 11) is 2.13. The summed E-state index contributed by atoms with van der Waals surface area (Å²) in [5.74, 6) is 0.137. The molecule has 4 heteroatoms. The van der Waals surface area contributed by atoms with Crippen molar-refractivity contribution in [2.45, 2.75) is 32.2 Å². The van der Waals surface area contributed by atoms with Gasteiger partial charge in [0.2, 0.25) is 0 Å². The van der Waals surface area contributed by atoms with Gasteiger partial charge in [-0.2, -0.15) is 0 Å². The summed E-state index contributed by atoms with van der Waals surface area (Å²) in [6, 6.07) is 7.91. The number of ketones is 1. The maximum absolute atomic E-state index is 12.2. The van der Waals surface area contributed by atoms with Gasteiger partial charge in [0, 0.05) is 24.6 Å². The van der Waals surface area contributed by atoms with Crippen molar-refractivity contribution in [1.29, 1.82) is 0 Å². The Morgan fingerprint density at radius 1 is 1.33 bits per heavy atom. The second-order valence-electron chi connectivity index (χ2n) is 5.80. The third-order valence-electron chi connectivity index (χ3n) is 4.49. The molecule has 0 atom stereocenters. The van der Waals surface area contributed by atoms with E-state index in [0.717, 1.165) is 13.1 Å². The maximum Gasteiger partial charge on any atom is 0.165 e. The molecule has 1 saturated heterocycles. The van der Waals surface area contributed by atoms with E-state index in [9.17, 15) is 4.79 Å². The average Bonchev–Trinajstić information content (AvgIpc) is 2.52. The number of carbonyl (C=O) groups excluding carboxylic acids is 1. The van der Waals surface area contributed by atoms with Crippen LogP contribution in [0.4, 0.5) is 0 Å². The molecule has 116 valence electrons. The minimum atomic E-state index is 0.137. The summed E-state index contributed by atoms with van der Waals surface area (Å²) in [5, 5.41) is 0.557. The third-order valence-corrected chi connectivity index (χ3v) is 4.82. The smallest absolute Gasteiger partial charge is 0.165 e. The highest BCUT2D eigenvalue weighted by atomic mass is 35.5. The number of rotatable bonds is 6. The summed E-state index contributed by atoms with van der Waals surface area (Å²) >= 11 is 6.08. The van der Waals surface area contributed by atoms with Crippen LogP contribution < -0.4 is 0 Å². The quantitative estimate of drug-likeness (QED) is 0.753. The maximum atomic E-state index is 12.2. The first-order chi connectivity index (χ1) is 10.1. The highest BCUT2D eigenvalue weighted by Gasteiger charge is 2.22. The number of piperidine rings is 1. The lowest BCUT2D eigenvalue weighted by Gasteiger charge is -2.36. The zero-order valence-corrected chi connectivity index (χ0v) is 13.8. The van der Waals surface area contributed by atoms with Gasteiger partial charge < -0.3 is 9.80 Å². The van der Waals surface area contributed by atoms with Gasteiger partial charge in [0.15, 0.2) is 5.78 Å². The fourth-order valence-corrected chi connectivity index (χ4v) is 3.20. The summed E-state index contributed by atoms with van der Waals surface area (Å²) in [6.45, 7) is 6.50. The molecule has 0 spiro atoms. The van der Waals surface area contributed by atoms with Crippen molar-refractivity contribution in [3.05, 3.63) is 34.9 Å². The topological polar surface area (TPSA) is 23.6 Å². The Morgan fingerprint density at radius 3 is 2.62 bits per heavy atom. The molecule has 1 aromatic carbocycles. The third kappa shape index (κ3) is 4.53. The molecule has 2 rings (SSSR count). The van der Waals surface area contributed by atoms with Gasteiger partial charge in [0.05, 0.1) is 5.02 Å². The molecular weight excluding hydrogens is 284 g/mol. The van der Waals surface area contributed by atoms with Crippen LogP contribution in [-0.2, 0) is 0 Å². The molecule has 1 aliphatic rings. The molecule has 0 unspecified atom stereocenters. The molecular formula is C17H25ClN2O. The Morgan fingerprint density at radius 2 is 2.00 bits per heavy atom. The van der Waals surface area contributed by atoms with Crippen molar-refractivity contribution in [3.63, 3.8) is 0 Å². The Bertz CT molecular complexity index is 470. The lowest BCUT2D eigenvalue weighted by molar-refractivity contribution is 0.0932. The van der Waals surface area contributed by atoms with Crippen LogP contribution in [0.3, 0.4) is 0 Å². The van der Waals surface area contributed by atoms with E-state index in [4.69, 9.17) is 11.6 Å². The molecule has 0 radical (unpaired) electrons. The van der Waals surface area contributed by atoms with Crippen molar-refractivity contribution in [2.24, 2.45) is 0 Å².